The first kappa shape index (κ1) is 13.3. The zero-order valence-corrected chi connectivity index (χ0v) is 11.2. The number of aromatic nitrogens is 2. The van der Waals surface area contributed by atoms with E-state index in [2.05, 4.69) is 15.3 Å². The van der Waals surface area contributed by atoms with Crippen LogP contribution in [-0.2, 0) is 11.3 Å². The summed E-state index contributed by atoms with van der Waals surface area (Å²) in [6.45, 7) is 4.95. The average Bonchev–Trinajstić information content (AvgIpc) is 2.38. The summed E-state index contributed by atoms with van der Waals surface area (Å²) in [6.07, 6.45) is 0. The monoisotopic (exact) mass is 258 g/mol. The smallest absolute Gasteiger partial charge is 0.158 e. The van der Waals surface area contributed by atoms with Crippen LogP contribution in [0.25, 0.3) is 0 Å². The van der Waals surface area contributed by atoms with Crippen molar-refractivity contribution >= 4 is 17.3 Å². The van der Waals surface area contributed by atoms with E-state index >= 15 is 0 Å². The van der Waals surface area contributed by atoms with Gasteiger partial charge in [0.25, 0.3) is 0 Å². The Bertz CT molecular complexity index is 557. The van der Waals surface area contributed by atoms with Crippen molar-refractivity contribution in [2.45, 2.75) is 20.5 Å². The molecule has 0 radical (unpaired) electrons. The van der Waals surface area contributed by atoms with Crippen LogP contribution in [-0.4, -0.2) is 16.6 Å². The van der Waals surface area contributed by atoms with Gasteiger partial charge in [-0.25, -0.2) is 9.97 Å². The number of nitrogen functional groups attached to an aromatic ring is 1. The van der Waals surface area contributed by atoms with Crippen molar-refractivity contribution in [3.05, 3.63) is 41.7 Å². The third-order valence-electron chi connectivity index (χ3n) is 2.64. The molecular weight excluding hydrogens is 240 g/mol. The molecule has 100 valence electrons. The molecule has 0 atom stereocenters. The molecule has 0 aliphatic rings. The highest BCUT2D eigenvalue weighted by atomic mass is 16.5. The zero-order chi connectivity index (χ0) is 13.7. The zero-order valence-electron chi connectivity index (χ0n) is 11.2. The number of benzene rings is 1. The van der Waals surface area contributed by atoms with Gasteiger partial charge in [0, 0.05) is 18.4 Å². The fourth-order valence-corrected chi connectivity index (χ4v) is 1.69. The van der Waals surface area contributed by atoms with Crippen molar-refractivity contribution in [1.82, 2.24) is 9.97 Å². The van der Waals surface area contributed by atoms with E-state index in [4.69, 9.17) is 10.5 Å². The molecule has 0 fully saturated rings. The molecule has 0 amide bonds. The fraction of sp³-hybridized carbons (Fsp3) is 0.286. The largest absolute Gasteiger partial charge is 0.384 e. The number of rotatable bonds is 5. The van der Waals surface area contributed by atoms with Crippen molar-refractivity contribution < 1.29 is 4.74 Å². The maximum Gasteiger partial charge on any atom is 0.158 e. The number of nitrogens with zero attached hydrogens (tertiary/aromatic N) is 2. The second-order valence-electron chi connectivity index (χ2n) is 4.17. The van der Waals surface area contributed by atoms with E-state index in [0.29, 0.717) is 30.7 Å². The van der Waals surface area contributed by atoms with Crippen LogP contribution in [0.3, 0.4) is 0 Å². The number of nitrogens with two attached hydrogens (primary N) is 1. The minimum absolute atomic E-state index is 0.365. The van der Waals surface area contributed by atoms with Crippen LogP contribution in [0, 0.1) is 6.92 Å². The molecule has 0 aliphatic carbocycles. The van der Waals surface area contributed by atoms with Gasteiger partial charge in [0.1, 0.15) is 18.2 Å². The summed E-state index contributed by atoms with van der Waals surface area (Å²) in [5.41, 5.74) is 7.92. The lowest BCUT2D eigenvalue weighted by molar-refractivity contribution is 0.128. The van der Waals surface area contributed by atoms with Gasteiger partial charge in [-0.05, 0) is 25.5 Å². The second kappa shape index (κ2) is 6.15. The van der Waals surface area contributed by atoms with Crippen LogP contribution in [0.15, 0.2) is 30.3 Å². The van der Waals surface area contributed by atoms with Crippen LogP contribution >= 0.6 is 0 Å². The van der Waals surface area contributed by atoms with Crippen LogP contribution in [0.1, 0.15) is 18.3 Å². The first-order chi connectivity index (χ1) is 9.19. The minimum Gasteiger partial charge on any atom is -0.384 e. The topological polar surface area (TPSA) is 73.1 Å². The summed E-state index contributed by atoms with van der Waals surface area (Å²) < 4.78 is 5.30. The molecule has 2 rings (SSSR count). The first-order valence-electron chi connectivity index (χ1n) is 6.23. The van der Waals surface area contributed by atoms with E-state index < -0.39 is 0 Å². The SMILES string of the molecule is CCOCc1nc(N)cc(Nc2ccccc2C)n1. The second-order valence-corrected chi connectivity index (χ2v) is 4.17. The minimum atomic E-state index is 0.365. The third-order valence-corrected chi connectivity index (χ3v) is 2.64. The van der Waals surface area contributed by atoms with E-state index in [1.807, 2.05) is 38.1 Å². The summed E-state index contributed by atoms with van der Waals surface area (Å²) in [4.78, 5) is 8.52. The normalized spacial score (nSPS) is 10.4. The number of para-hydroxylation sites is 1. The van der Waals surface area contributed by atoms with Crippen molar-refractivity contribution in [3.63, 3.8) is 0 Å². The van der Waals surface area contributed by atoms with Gasteiger partial charge in [0.15, 0.2) is 5.82 Å². The Labute approximate surface area is 112 Å². The van der Waals surface area contributed by atoms with Crippen molar-refractivity contribution in [2.75, 3.05) is 17.7 Å². The predicted molar refractivity (Wildman–Crippen MR) is 76.2 cm³/mol. The lowest BCUT2D eigenvalue weighted by Gasteiger charge is -2.10. The molecule has 0 bridgehead atoms. The number of ether oxygens (including phenoxy) is 1. The lowest BCUT2D eigenvalue weighted by atomic mass is 10.2. The molecule has 1 aromatic carbocycles. The maximum atomic E-state index is 5.78. The molecule has 1 aromatic heterocycles. The van der Waals surface area contributed by atoms with E-state index in [0.717, 1.165) is 11.3 Å². The molecule has 0 saturated carbocycles. The van der Waals surface area contributed by atoms with Crippen molar-refractivity contribution in [2.24, 2.45) is 0 Å². The molecule has 5 nitrogen and oxygen atoms in total. The van der Waals surface area contributed by atoms with Gasteiger partial charge < -0.3 is 15.8 Å². The van der Waals surface area contributed by atoms with Crippen LogP contribution < -0.4 is 11.1 Å². The molecule has 0 unspecified atom stereocenters. The molecule has 5 heteroatoms. The number of anilines is 3. The van der Waals surface area contributed by atoms with E-state index in [1.165, 1.54) is 0 Å². The van der Waals surface area contributed by atoms with Gasteiger partial charge in [-0.3, -0.25) is 0 Å². The van der Waals surface area contributed by atoms with Gasteiger partial charge in [-0.2, -0.15) is 0 Å². The van der Waals surface area contributed by atoms with E-state index in [9.17, 15) is 0 Å². The van der Waals surface area contributed by atoms with Gasteiger partial charge in [-0.1, -0.05) is 18.2 Å². The molecule has 1 heterocycles. The van der Waals surface area contributed by atoms with E-state index in [-0.39, 0.29) is 0 Å². The predicted octanol–water partition coefficient (Wildman–Crippen LogP) is 2.65. The van der Waals surface area contributed by atoms with Crippen LogP contribution in [0.2, 0.25) is 0 Å². The van der Waals surface area contributed by atoms with Gasteiger partial charge >= 0.3 is 0 Å². The molecule has 0 aliphatic heterocycles. The maximum absolute atomic E-state index is 5.78. The highest BCUT2D eigenvalue weighted by Gasteiger charge is 2.04. The number of hydrogen-bond donors (Lipinski definition) is 2. The Morgan fingerprint density at radius 3 is 2.79 bits per heavy atom. The fourth-order valence-electron chi connectivity index (χ4n) is 1.69. The highest BCUT2D eigenvalue weighted by molar-refractivity contribution is 5.61. The first-order valence-corrected chi connectivity index (χ1v) is 6.23. The Morgan fingerprint density at radius 2 is 2.05 bits per heavy atom. The third kappa shape index (κ3) is 3.66. The summed E-state index contributed by atoms with van der Waals surface area (Å²) >= 11 is 0. The number of nitrogens with one attached hydrogen (secondary N) is 1. The summed E-state index contributed by atoms with van der Waals surface area (Å²) in [5.74, 6) is 1.69. The van der Waals surface area contributed by atoms with Crippen LogP contribution in [0.4, 0.5) is 17.3 Å². The van der Waals surface area contributed by atoms with E-state index in [1.54, 1.807) is 6.07 Å². The standard InChI is InChI=1S/C14H18N4O/c1-3-19-9-14-17-12(15)8-13(18-14)16-11-7-5-4-6-10(11)2/h4-8H,3,9H2,1-2H3,(H3,15,16,17,18). The molecule has 3 N–H and O–H groups in total. The van der Waals surface area contributed by atoms with Crippen molar-refractivity contribution in [1.29, 1.82) is 0 Å². The number of aryl methyl sites for hydroxylation is 1. The Hall–Kier alpha value is -2.14. The summed E-state index contributed by atoms with van der Waals surface area (Å²) in [5, 5.41) is 3.24. The summed E-state index contributed by atoms with van der Waals surface area (Å²) in [6, 6.07) is 9.71. The highest BCUT2D eigenvalue weighted by Crippen LogP contribution is 2.19. The Kier molecular flexibility index (Phi) is 4.30. The number of hydrogen-bond acceptors (Lipinski definition) is 5. The quantitative estimate of drug-likeness (QED) is 0.862. The van der Waals surface area contributed by atoms with Gasteiger partial charge in [0.2, 0.25) is 0 Å². The lowest BCUT2D eigenvalue weighted by Crippen LogP contribution is -2.05. The van der Waals surface area contributed by atoms with Gasteiger partial charge in [-0.15, -0.1) is 0 Å². The molecule has 0 saturated heterocycles. The van der Waals surface area contributed by atoms with Crippen LogP contribution in [0.5, 0.6) is 0 Å². The molecular formula is C14H18N4O. The summed E-state index contributed by atoms with van der Waals surface area (Å²) in [7, 11) is 0. The Balaban J connectivity index is 2.20. The van der Waals surface area contributed by atoms with Gasteiger partial charge in [0.05, 0.1) is 0 Å². The molecule has 2 aromatic rings. The Morgan fingerprint density at radius 1 is 1.26 bits per heavy atom. The average molecular weight is 258 g/mol. The van der Waals surface area contributed by atoms with Crippen molar-refractivity contribution in [3.8, 4) is 0 Å². The molecule has 19 heavy (non-hydrogen) atoms. The molecule has 0 spiro atoms.